The molecule has 2 N–H and O–H groups in total. The molecule has 0 bridgehead atoms. The third-order valence-corrected chi connectivity index (χ3v) is 6.84. The third kappa shape index (κ3) is 3.46. The van der Waals surface area contributed by atoms with E-state index in [0.717, 1.165) is 10.9 Å². The molecule has 0 unspecified atom stereocenters. The van der Waals surface area contributed by atoms with Gasteiger partial charge in [0, 0.05) is 37.1 Å². The topological polar surface area (TPSA) is 97.9 Å². The van der Waals surface area contributed by atoms with E-state index in [0.29, 0.717) is 49.9 Å². The summed E-state index contributed by atoms with van der Waals surface area (Å²) >= 11 is 0. The lowest BCUT2D eigenvalue weighted by molar-refractivity contribution is 0.0649. The first-order valence-corrected chi connectivity index (χ1v) is 11.2. The van der Waals surface area contributed by atoms with Gasteiger partial charge in [-0.3, -0.25) is 9.69 Å². The normalized spacial score (nSPS) is 18.5. The molecule has 0 radical (unpaired) electrons. The molecule has 1 saturated heterocycles. The summed E-state index contributed by atoms with van der Waals surface area (Å²) in [7, 11) is -3.68. The number of para-hydroxylation sites is 2. The largest absolute Gasteiger partial charge is 0.351 e. The van der Waals surface area contributed by atoms with E-state index < -0.39 is 10.0 Å². The van der Waals surface area contributed by atoms with Gasteiger partial charge in [-0.15, -0.1) is 4.40 Å². The van der Waals surface area contributed by atoms with Gasteiger partial charge in [-0.1, -0.05) is 30.3 Å². The molecule has 1 fully saturated rings. The van der Waals surface area contributed by atoms with E-state index in [2.05, 4.69) is 19.6 Å². The molecule has 30 heavy (non-hydrogen) atoms. The van der Waals surface area contributed by atoms with Crippen LogP contribution in [0.1, 0.15) is 10.5 Å². The van der Waals surface area contributed by atoms with Gasteiger partial charge in [-0.2, -0.15) is 8.42 Å². The fraction of sp³-hybridized carbons (Fsp3) is 0.238. The number of aromatic amines is 1. The van der Waals surface area contributed by atoms with Crippen molar-refractivity contribution in [1.29, 1.82) is 0 Å². The van der Waals surface area contributed by atoms with E-state index in [1.54, 1.807) is 24.3 Å². The standard InChI is InChI=1S/C21H21N5O3S/c27-21(18-13-15-5-1-2-6-16(15)22-18)26-11-9-25(10-12-26)14-20-23-17-7-3-4-8-19(17)30(28,29)24-20/h1-8,13,22H,9-12,14H2,(H,23,24). The number of hydrogen-bond donors (Lipinski definition) is 2. The van der Waals surface area contributed by atoms with Crippen molar-refractivity contribution in [1.82, 2.24) is 14.8 Å². The van der Waals surface area contributed by atoms with Gasteiger partial charge in [0.25, 0.3) is 15.9 Å². The minimum absolute atomic E-state index is 0.0181. The summed E-state index contributed by atoms with van der Waals surface area (Å²) in [5.74, 6) is 0.389. The van der Waals surface area contributed by atoms with Crippen LogP contribution in [0.2, 0.25) is 0 Å². The Balaban J connectivity index is 1.23. The number of carbonyl (C=O) groups excluding carboxylic acids is 1. The van der Waals surface area contributed by atoms with Gasteiger partial charge in [0.2, 0.25) is 0 Å². The Labute approximate surface area is 174 Å². The van der Waals surface area contributed by atoms with Gasteiger partial charge >= 0.3 is 0 Å². The zero-order valence-corrected chi connectivity index (χ0v) is 17.0. The number of carbonyl (C=O) groups is 1. The number of amidine groups is 1. The number of piperazine rings is 1. The second kappa shape index (κ2) is 7.26. The zero-order valence-electron chi connectivity index (χ0n) is 16.2. The van der Waals surface area contributed by atoms with E-state index in [9.17, 15) is 13.2 Å². The maximum Gasteiger partial charge on any atom is 0.286 e. The van der Waals surface area contributed by atoms with Crippen LogP contribution in [0.15, 0.2) is 63.9 Å². The number of fused-ring (bicyclic) bond motifs is 2. The minimum atomic E-state index is -3.68. The molecule has 0 saturated carbocycles. The van der Waals surface area contributed by atoms with Crippen LogP contribution in [0.3, 0.4) is 0 Å². The first-order chi connectivity index (χ1) is 14.5. The van der Waals surface area contributed by atoms with Gasteiger partial charge in [0.15, 0.2) is 0 Å². The number of sulfonamides is 1. The van der Waals surface area contributed by atoms with Crippen LogP contribution in [0.5, 0.6) is 0 Å². The fourth-order valence-electron chi connectivity index (χ4n) is 3.92. The predicted octanol–water partition coefficient (Wildman–Crippen LogP) is 2.14. The highest BCUT2D eigenvalue weighted by Crippen LogP contribution is 2.26. The van der Waals surface area contributed by atoms with Crippen LogP contribution < -0.4 is 5.32 Å². The van der Waals surface area contributed by atoms with Crippen LogP contribution >= 0.6 is 0 Å². The van der Waals surface area contributed by atoms with Crippen molar-refractivity contribution < 1.29 is 13.2 Å². The average molecular weight is 423 g/mol. The molecular weight excluding hydrogens is 402 g/mol. The lowest BCUT2D eigenvalue weighted by Crippen LogP contribution is -2.50. The number of nitrogens with one attached hydrogen (secondary N) is 2. The number of benzene rings is 2. The van der Waals surface area contributed by atoms with Gasteiger partial charge < -0.3 is 15.2 Å². The van der Waals surface area contributed by atoms with Crippen LogP contribution in [-0.2, 0) is 10.0 Å². The van der Waals surface area contributed by atoms with Crippen molar-refractivity contribution in [2.75, 3.05) is 38.0 Å². The molecule has 3 heterocycles. The highest BCUT2D eigenvalue weighted by Gasteiger charge is 2.28. The Bertz CT molecular complexity index is 1220. The van der Waals surface area contributed by atoms with Gasteiger partial charge in [-0.05, 0) is 24.3 Å². The number of amides is 1. The summed E-state index contributed by atoms with van der Waals surface area (Å²) in [6.45, 7) is 2.83. The number of nitrogens with zero attached hydrogens (tertiary/aromatic N) is 3. The molecule has 1 amide bonds. The highest BCUT2D eigenvalue weighted by atomic mass is 32.2. The Hall–Kier alpha value is -3.17. The first-order valence-electron chi connectivity index (χ1n) is 9.79. The van der Waals surface area contributed by atoms with Gasteiger partial charge in [0.1, 0.15) is 16.4 Å². The molecule has 2 aromatic carbocycles. The van der Waals surface area contributed by atoms with Crippen molar-refractivity contribution in [2.24, 2.45) is 4.40 Å². The number of hydrogen-bond acceptors (Lipinski definition) is 5. The van der Waals surface area contributed by atoms with E-state index in [1.807, 2.05) is 35.2 Å². The van der Waals surface area contributed by atoms with Crippen LogP contribution in [0, 0.1) is 0 Å². The smallest absolute Gasteiger partial charge is 0.286 e. The lowest BCUT2D eigenvalue weighted by atomic mass is 10.2. The third-order valence-electron chi connectivity index (χ3n) is 5.47. The molecule has 3 aromatic rings. The van der Waals surface area contributed by atoms with E-state index in [4.69, 9.17) is 0 Å². The molecule has 0 atom stereocenters. The van der Waals surface area contributed by atoms with Crippen molar-refractivity contribution in [3.05, 3.63) is 60.3 Å². The minimum Gasteiger partial charge on any atom is -0.351 e. The van der Waals surface area contributed by atoms with Gasteiger partial charge in [0.05, 0.1) is 12.2 Å². The summed E-state index contributed by atoms with van der Waals surface area (Å²) in [4.78, 5) is 20.2. The molecule has 2 aliphatic heterocycles. The van der Waals surface area contributed by atoms with Crippen molar-refractivity contribution in [2.45, 2.75) is 4.90 Å². The molecule has 2 aliphatic rings. The zero-order chi connectivity index (χ0) is 20.7. The maximum atomic E-state index is 12.8. The number of anilines is 1. The highest BCUT2D eigenvalue weighted by molar-refractivity contribution is 7.90. The first kappa shape index (κ1) is 18.8. The Kier molecular flexibility index (Phi) is 4.56. The SMILES string of the molecule is O=C(c1cc2ccccc2[nH]1)N1CCN(CC2=NS(=O)(=O)c3ccccc3N2)CC1. The van der Waals surface area contributed by atoms with Crippen molar-refractivity contribution >= 4 is 38.4 Å². The van der Waals surface area contributed by atoms with E-state index in [-0.39, 0.29) is 10.8 Å². The number of rotatable bonds is 3. The summed E-state index contributed by atoms with van der Waals surface area (Å²) in [6, 6.07) is 16.5. The average Bonchev–Trinajstić information content (AvgIpc) is 3.18. The molecule has 9 heteroatoms. The van der Waals surface area contributed by atoms with Crippen LogP contribution in [-0.4, -0.2) is 67.7 Å². The Morgan fingerprint density at radius 2 is 1.73 bits per heavy atom. The molecular formula is C21H21N5O3S. The van der Waals surface area contributed by atoms with Crippen molar-refractivity contribution in [3.8, 4) is 0 Å². The van der Waals surface area contributed by atoms with E-state index >= 15 is 0 Å². The summed E-state index contributed by atoms with van der Waals surface area (Å²) in [5, 5.41) is 4.13. The summed E-state index contributed by atoms with van der Waals surface area (Å²) < 4.78 is 28.7. The summed E-state index contributed by atoms with van der Waals surface area (Å²) in [6.07, 6.45) is 0. The Morgan fingerprint density at radius 3 is 2.53 bits per heavy atom. The van der Waals surface area contributed by atoms with Gasteiger partial charge in [-0.25, -0.2) is 0 Å². The predicted molar refractivity (Wildman–Crippen MR) is 115 cm³/mol. The summed E-state index contributed by atoms with van der Waals surface area (Å²) in [5.41, 5.74) is 2.09. The monoisotopic (exact) mass is 423 g/mol. The molecule has 8 nitrogen and oxygen atoms in total. The quantitative estimate of drug-likeness (QED) is 0.673. The molecule has 0 aliphatic carbocycles. The second-order valence-electron chi connectivity index (χ2n) is 7.47. The van der Waals surface area contributed by atoms with Crippen molar-refractivity contribution in [3.63, 3.8) is 0 Å². The number of aromatic nitrogens is 1. The maximum absolute atomic E-state index is 12.8. The fourth-order valence-corrected chi connectivity index (χ4v) is 5.05. The second-order valence-corrected chi connectivity index (χ2v) is 9.05. The van der Waals surface area contributed by atoms with Crippen LogP contribution in [0.25, 0.3) is 10.9 Å². The number of H-pyrrole nitrogens is 1. The molecule has 154 valence electrons. The Morgan fingerprint density at radius 1 is 1.00 bits per heavy atom. The molecule has 1 aromatic heterocycles. The molecule has 0 spiro atoms. The lowest BCUT2D eigenvalue weighted by Gasteiger charge is -2.35. The van der Waals surface area contributed by atoms with E-state index in [1.165, 1.54) is 0 Å². The van der Waals surface area contributed by atoms with Crippen LogP contribution in [0.4, 0.5) is 5.69 Å². The molecule has 5 rings (SSSR count).